The summed E-state index contributed by atoms with van der Waals surface area (Å²) < 4.78 is 26.8. The number of hydrogen-bond acceptors (Lipinski definition) is 7. The maximum absolute atomic E-state index is 12.2. The molecule has 21 heavy (non-hydrogen) atoms. The van der Waals surface area contributed by atoms with Gasteiger partial charge in [-0.3, -0.25) is 4.79 Å². The van der Waals surface area contributed by atoms with Crippen molar-refractivity contribution in [1.29, 1.82) is 0 Å². The second kappa shape index (κ2) is 6.34. The van der Waals surface area contributed by atoms with Crippen LogP contribution in [0.1, 0.15) is 32.6 Å². The van der Waals surface area contributed by atoms with Gasteiger partial charge in [-0.2, -0.15) is 0 Å². The molecule has 1 aromatic rings. The van der Waals surface area contributed by atoms with Crippen molar-refractivity contribution in [1.82, 2.24) is 14.9 Å². The number of nitrogens with one attached hydrogen (secondary N) is 2. The summed E-state index contributed by atoms with van der Waals surface area (Å²) in [4.78, 5) is 10.9. The van der Waals surface area contributed by atoms with Crippen LogP contribution in [0.25, 0.3) is 0 Å². The fraction of sp³-hybridized carbons (Fsp3) is 0.727. The predicted molar refractivity (Wildman–Crippen MR) is 79.4 cm³/mol. The third kappa shape index (κ3) is 3.96. The van der Waals surface area contributed by atoms with E-state index in [9.17, 15) is 13.2 Å². The third-order valence-corrected chi connectivity index (χ3v) is 6.26. The third-order valence-electron chi connectivity index (χ3n) is 3.65. The number of rotatable bonds is 6. The van der Waals surface area contributed by atoms with E-state index in [-0.39, 0.29) is 20.8 Å². The van der Waals surface area contributed by atoms with Crippen LogP contribution in [0.5, 0.6) is 0 Å². The number of hydrogen-bond donors (Lipinski definition) is 3. The van der Waals surface area contributed by atoms with Crippen LogP contribution in [-0.2, 0) is 14.8 Å². The smallest absolute Gasteiger partial charge is 0.269 e. The summed E-state index contributed by atoms with van der Waals surface area (Å²) in [5, 5.41) is 9.81. The molecule has 10 heteroatoms. The highest BCUT2D eigenvalue weighted by Gasteiger charge is 2.34. The molecule has 118 valence electrons. The molecule has 1 heterocycles. The Morgan fingerprint density at radius 3 is 2.62 bits per heavy atom. The first-order valence-electron chi connectivity index (χ1n) is 6.68. The number of nitrogens with zero attached hydrogens (tertiary/aromatic N) is 2. The predicted octanol–water partition coefficient (Wildman–Crippen LogP) is 0.294. The van der Waals surface area contributed by atoms with E-state index in [0.717, 1.165) is 37.0 Å². The van der Waals surface area contributed by atoms with E-state index in [1.165, 1.54) is 6.92 Å². The number of aromatic nitrogens is 2. The van der Waals surface area contributed by atoms with Gasteiger partial charge in [-0.15, -0.1) is 10.2 Å². The molecule has 1 fully saturated rings. The number of anilines is 1. The molecular weight excluding hydrogens is 314 g/mol. The minimum atomic E-state index is -3.72. The number of carbonyl (C=O) groups excluding carboxylic acids is 1. The van der Waals surface area contributed by atoms with Gasteiger partial charge in [0.05, 0.1) is 0 Å². The van der Waals surface area contributed by atoms with Crippen LogP contribution in [0.2, 0.25) is 0 Å². The molecule has 1 aromatic heterocycles. The lowest BCUT2D eigenvalue weighted by Gasteiger charge is -2.26. The van der Waals surface area contributed by atoms with Gasteiger partial charge in [-0.1, -0.05) is 24.2 Å². The van der Waals surface area contributed by atoms with E-state index in [1.807, 2.05) is 0 Å². The van der Waals surface area contributed by atoms with Crippen LogP contribution in [0, 0.1) is 5.41 Å². The zero-order valence-corrected chi connectivity index (χ0v) is 13.4. The van der Waals surface area contributed by atoms with E-state index in [4.69, 9.17) is 5.73 Å². The molecule has 2 rings (SSSR count). The van der Waals surface area contributed by atoms with Crippen molar-refractivity contribution in [2.24, 2.45) is 11.1 Å². The molecule has 0 spiro atoms. The Hall–Kier alpha value is -1.10. The molecule has 8 nitrogen and oxygen atoms in total. The molecule has 0 radical (unpaired) electrons. The molecule has 0 saturated heterocycles. The van der Waals surface area contributed by atoms with Crippen LogP contribution in [-0.4, -0.2) is 37.6 Å². The molecule has 0 bridgehead atoms. The van der Waals surface area contributed by atoms with Crippen molar-refractivity contribution in [3.63, 3.8) is 0 Å². The van der Waals surface area contributed by atoms with Gasteiger partial charge in [0.2, 0.25) is 15.4 Å². The molecule has 0 aromatic carbocycles. The van der Waals surface area contributed by atoms with E-state index >= 15 is 0 Å². The highest BCUT2D eigenvalue weighted by molar-refractivity contribution is 7.91. The quantitative estimate of drug-likeness (QED) is 0.642. The average Bonchev–Trinajstić information content (AvgIpc) is 3.06. The summed E-state index contributed by atoms with van der Waals surface area (Å²) in [6, 6.07) is 0. The van der Waals surface area contributed by atoms with Gasteiger partial charge in [0.1, 0.15) is 0 Å². The SMILES string of the molecule is CC(=O)Nc1nnc(S(=O)(=O)NCC2(CN)CCCC2)s1. The Morgan fingerprint density at radius 1 is 1.38 bits per heavy atom. The summed E-state index contributed by atoms with van der Waals surface area (Å²) >= 11 is 0.821. The number of amides is 1. The van der Waals surface area contributed by atoms with Crippen LogP contribution < -0.4 is 15.8 Å². The van der Waals surface area contributed by atoms with Gasteiger partial charge in [-0.05, 0) is 24.8 Å². The molecule has 0 unspecified atom stereocenters. The van der Waals surface area contributed by atoms with Gasteiger partial charge >= 0.3 is 0 Å². The molecule has 4 N–H and O–H groups in total. The fourth-order valence-corrected chi connectivity index (χ4v) is 4.55. The normalized spacial score (nSPS) is 17.8. The van der Waals surface area contributed by atoms with Gasteiger partial charge < -0.3 is 11.1 Å². The first-order valence-corrected chi connectivity index (χ1v) is 8.98. The lowest BCUT2D eigenvalue weighted by atomic mass is 9.87. The van der Waals surface area contributed by atoms with Crippen LogP contribution in [0.15, 0.2) is 4.34 Å². The summed E-state index contributed by atoms with van der Waals surface area (Å²) in [6.07, 6.45) is 4.01. The zero-order chi connectivity index (χ0) is 15.5. The highest BCUT2D eigenvalue weighted by Crippen LogP contribution is 2.36. The van der Waals surface area contributed by atoms with Crippen LogP contribution in [0.3, 0.4) is 0 Å². The number of carbonyl (C=O) groups is 1. The van der Waals surface area contributed by atoms with E-state index in [1.54, 1.807) is 0 Å². The Kier molecular flexibility index (Phi) is 4.91. The number of nitrogens with two attached hydrogens (primary N) is 1. The number of sulfonamides is 1. The van der Waals surface area contributed by atoms with E-state index in [0.29, 0.717) is 13.1 Å². The fourth-order valence-electron chi connectivity index (χ4n) is 2.41. The topological polar surface area (TPSA) is 127 Å². The van der Waals surface area contributed by atoms with Crippen molar-refractivity contribution in [2.75, 3.05) is 18.4 Å². The molecule has 1 amide bonds. The second-order valence-electron chi connectivity index (χ2n) is 5.29. The van der Waals surface area contributed by atoms with Crippen molar-refractivity contribution in [3.05, 3.63) is 0 Å². The molecule has 1 saturated carbocycles. The average molecular weight is 333 g/mol. The van der Waals surface area contributed by atoms with Crippen molar-refractivity contribution in [3.8, 4) is 0 Å². The lowest BCUT2D eigenvalue weighted by Crippen LogP contribution is -2.40. The highest BCUT2D eigenvalue weighted by atomic mass is 32.2. The Bertz CT molecular complexity index is 607. The van der Waals surface area contributed by atoms with E-state index < -0.39 is 10.0 Å². The lowest BCUT2D eigenvalue weighted by molar-refractivity contribution is -0.114. The molecular formula is C11H19N5O3S2. The van der Waals surface area contributed by atoms with Gasteiger partial charge in [0.25, 0.3) is 10.0 Å². The van der Waals surface area contributed by atoms with Gasteiger partial charge in [-0.25, -0.2) is 13.1 Å². The van der Waals surface area contributed by atoms with Crippen molar-refractivity contribution < 1.29 is 13.2 Å². The van der Waals surface area contributed by atoms with Crippen molar-refractivity contribution in [2.45, 2.75) is 36.9 Å². The maximum Gasteiger partial charge on any atom is 0.269 e. The Balaban J connectivity index is 2.04. The molecule has 1 aliphatic rings. The Morgan fingerprint density at radius 2 is 2.05 bits per heavy atom. The summed E-state index contributed by atoms with van der Waals surface area (Å²) in [5.74, 6) is -0.323. The molecule has 0 atom stereocenters. The van der Waals surface area contributed by atoms with Gasteiger partial charge in [0, 0.05) is 13.5 Å². The summed E-state index contributed by atoms with van der Waals surface area (Å²) in [5.41, 5.74) is 5.63. The minimum Gasteiger partial charge on any atom is -0.330 e. The maximum atomic E-state index is 12.2. The van der Waals surface area contributed by atoms with E-state index in [2.05, 4.69) is 20.2 Å². The zero-order valence-electron chi connectivity index (χ0n) is 11.8. The second-order valence-corrected chi connectivity index (χ2v) is 8.21. The minimum absolute atomic E-state index is 0.155. The standard InChI is InChI=1S/C11H19N5O3S2/c1-8(17)14-9-15-16-10(20-9)21(18,19)13-7-11(6-12)4-2-3-5-11/h13H,2-7,12H2,1H3,(H,14,15,17). The summed E-state index contributed by atoms with van der Waals surface area (Å²) in [6.45, 7) is 2.09. The largest absolute Gasteiger partial charge is 0.330 e. The summed E-state index contributed by atoms with van der Waals surface area (Å²) in [7, 11) is -3.72. The first-order chi connectivity index (χ1) is 9.87. The monoisotopic (exact) mass is 333 g/mol. The van der Waals surface area contributed by atoms with Crippen LogP contribution >= 0.6 is 11.3 Å². The van der Waals surface area contributed by atoms with Crippen LogP contribution in [0.4, 0.5) is 5.13 Å². The van der Waals surface area contributed by atoms with Crippen molar-refractivity contribution >= 4 is 32.4 Å². The first kappa shape index (κ1) is 16.3. The molecule has 1 aliphatic carbocycles. The van der Waals surface area contributed by atoms with Gasteiger partial charge in [0.15, 0.2) is 0 Å². The molecule has 0 aliphatic heterocycles. The Labute approximate surface area is 127 Å².